The number of hydrogen-bond donors (Lipinski definition) is 1. The van der Waals surface area contributed by atoms with Gasteiger partial charge in [0.25, 0.3) is 0 Å². The van der Waals surface area contributed by atoms with Crippen molar-refractivity contribution in [3.63, 3.8) is 0 Å². The fourth-order valence-electron chi connectivity index (χ4n) is 4.86. The van der Waals surface area contributed by atoms with Gasteiger partial charge >= 0.3 is 6.03 Å². The number of benzene rings is 2. The number of pyridine rings is 1. The highest BCUT2D eigenvalue weighted by atomic mass is 16.2. The zero-order chi connectivity index (χ0) is 25.0. The molecule has 0 fully saturated rings. The summed E-state index contributed by atoms with van der Waals surface area (Å²) in [6.45, 7) is 6.27. The highest BCUT2D eigenvalue weighted by Gasteiger charge is 2.47. The zero-order valence-electron chi connectivity index (χ0n) is 20.6. The van der Waals surface area contributed by atoms with Crippen LogP contribution in [0.5, 0.6) is 0 Å². The Morgan fingerprint density at radius 3 is 2.50 bits per heavy atom. The van der Waals surface area contributed by atoms with E-state index in [4.69, 9.17) is 0 Å². The molecule has 2 aromatic carbocycles. The van der Waals surface area contributed by atoms with E-state index >= 15 is 0 Å². The molecule has 2 aromatic heterocycles. The maximum absolute atomic E-state index is 13.8. The van der Waals surface area contributed by atoms with Gasteiger partial charge in [-0.05, 0) is 34.0 Å². The van der Waals surface area contributed by atoms with Gasteiger partial charge < -0.3 is 0 Å². The summed E-state index contributed by atoms with van der Waals surface area (Å²) < 4.78 is 0.361. The van der Waals surface area contributed by atoms with Crippen LogP contribution in [-0.4, -0.2) is 47.6 Å². The highest BCUT2D eigenvalue weighted by Crippen LogP contribution is 2.34. The predicted octanol–water partition coefficient (Wildman–Crippen LogP) is 5.54. The zero-order valence-corrected chi connectivity index (χ0v) is 20.6. The fraction of sp³-hybridized carbons (Fsp3) is 0.250. The SMILES string of the molecule is CCCC[N+]1(Cc2ccccc2)C(=O)N(Cc2ccc(-c3cnccc3-c3nnn[nH]3)cc2)C=C1C. The average Bonchev–Trinajstić information content (AvgIpc) is 3.53. The van der Waals surface area contributed by atoms with Gasteiger partial charge in [0.2, 0.25) is 0 Å². The van der Waals surface area contributed by atoms with Crippen molar-refractivity contribution < 1.29 is 9.28 Å². The molecule has 1 unspecified atom stereocenters. The summed E-state index contributed by atoms with van der Waals surface area (Å²) in [6.07, 6.45) is 7.62. The van der Waals surface area contributed by atoms with Gasteiger partial charge in [-0.1, -0.05) is 67.9 Å². The number of quaternary nitrogens is 1. The van der Waals surface area contributed by atoms with E-state index < -0.39 is 0 Å². The number of unbranched alkanes of at least 4 members (excludes halogenated alkanes) is 1. The lowest BCUT2D eigenvalue weighted by Crippen LogP contribution is -2.51. The van der Waals surface area contributed by atoms with E-state index in [9.17, 15) is 4.79 Å². The van der Waals surface area contributed by atoms with Crippen LogP contribution in [0, 0.1) is 0 Å². The number of rotatable bonds is 9. The third kappa shape index (κ3) is 4.55. The Hall–Kier alpha value is -4.17. The third-order valence-electron chi connectivity index (χ3n) is 6.86. The van der Waals surface area contributed by atoms with Crippen molar-refractivity contribution in [2.24, 2.45) is 0 Å². The first kappa shape index (κ1) is 23.6. The molecule has 36 heavy (non-hydrogen) atoms. The minimum absolute atomic E-state index is 0.140. The number of nitrogens with zero attached hydrogens (tertiary/aromatic N) is 6. The van der Waals surface area contributed by atoms with Crippen LogP contribution >= 0.6 is 0 Å². The smallest absolute Gasteiger partial charge is 0.264 e. The lowest BCUT2D eigenvalue weighted by molar-refractivity contribution is -0.824. The Balaban J connectivity index is 1.37. The lowest BCUT2D eigenvalue weighted by atomic mass is 10.0. The quantitative estimate of drug-likeness (QED) is 0.318. The molecule has 4 aromatic rings. The van der Waals surface area contributed by atoms with E-state index in [2.05, 4.69) is 75.9 Å². The third-order valence-corrected chi connectivity index (χ3v) is 6.86. The highest BCUT2D eigenvalue weighted by molar-refractivity contribution is 5.79. The molecule has 1 N–H and O–H groups in total. The summed E-state index contributed by atoms with van der Waals surface area (Å²) in [5.74, 6) is 0.597. The van der Waals surface area contributed by atoms with Crippen molar-refractivity contribution in [1.29, 1.82) is 0 Å². The maximum Gasteiger partial charge on any atom is 0.428 e. The fourth-order valence-corrected chi connectivity index (χ4v) is 4.86. The van der Waals surface area contributed by atoms with Crippen molar-refractivity contribution in [3.8, 4) is 22.5 Å². The molecule has 1 aliphatic heterocycles. The molecule has 5 rings (SSSR count). The van der Waals surface area contributed by atoms with Crippen LogP contribution in [0.3, 0.4) is 0 Å². The largest absolute Gasteiger partial charge is 0.428 e. The predicted molar refractivity (Wildman–Crippen MR) is 138 cm³/mol. The summed E-state index contributed by atoms with van der Waals surface area (Å²) >= 11 is 0. The van der Waals surface area contributed by atoms with Crippen LogP contribution in [0.15, 0.2) is 85.0 Å². The molecule has 3 heterocycles. The molecule has 0 bridgehead atoms. The number of H-pyrrole nitrogens is 1. The van der Waals surface area contributed by atoms with Crippen molar-refractivity contribution in [1.82, 2.24) is 30.5 Å². The number of hydrogen-bond acceptors (Lipinski definition) is 5. The first-order valence-corrected chi connectivity index (χ1v) is 12.3. The lowest BCUT2D eigenvalue weighted by Gasteiger charge is -2.32. The molecular formula is C28H30N7O+. The van der Waals surface area contributed by atoms with Crippen LogP contribution in [-0.2, 0) is 13.1 Å². The molecule has 0 saturated carbocycles. The summed E-state index contributed by atoms with van der Waals surface area (Å²) in [5.41, 5.74) is 6.17. The number of tetrazole rings is 1. The van der Waals surface area contributed by atoms with E-state index in [1.54, 1.807) is 6.20 Å². The van der Waals surface area contributed by atoms with E-state index in [1.807, 2.05) is 41.6 Å². The number of aromatic amines is 1. The van der Waals surface area contributed by atoms with E-state index in [0.717, 1.165) is 47.3 Å². The average molecular weight is 481 g/mol. The Morgan fingerprint density at radius 1 is 0.972 bits per heavy atom. The van der Waals surface area contributed by atoms with Crippen LogP contribution in [0.25, 0.3) is 22.5 Å². The summed E-state index contributed by atoms with van der Waals surface area (Å²) in [5, 5.41) is 14.2. The van der Waals surface area contributed by atoms with Gasteiger partial charge in [-0.25, -0.2) is 14.4 Å². The van der Waals surface area contributed by atoms with Gasteiger partial charge in [0, 0.05) is 36.0 Å². The van der Waals surface area contributed by atoms with Gasteiger partial charge in [-0.2, -0.15) is 0 Å². The van der Waals surface area contributed by atoms with Gasteiger partial charge in [-0.3, -0.25) is 9.88 Å². The van der Waals surface area contributed by atoms with Crippen LogP contribution < -0.4 is 0 Å². The van der Waals surface area contributed by atoms with Gasteiger partial charge in [0.1, 0.15) is 12.2 Å². The van der Waals surface area contributed by atoms with Crippen LogP contribution in [0.2, 0.25) is 0 Å². The molecular weight excluding hydrogens is 450 g/mol. The Labute approximate surface area is 210 Å². The number of carbonyl (C=O) groups excluding carboxylic acids is 1. The topological polar surface area (TPSA) is 87.7 Å². The number of amides is 2. The van der Waals surface area contributed by atoms with Gasteiger partial charge in [0.05, 0.1) is 19.3 Å². The first-order chi connectivity index (χ1) is 17.6. The van der Waals surface area contributed by atoms with Crippen LogP contribution in [0.4, 0.5) is 4.79 Å². The summed E-state index contributed by atoms with van der Waals surface area (Å²) in [4.78, 5) is 20.0. The first-order valence-electron chi connectivity index (χ1n) is 12.3. The Bertz CT molecular complexity index is 1350. The van der Waals surface area contributed by atoms with Gasteiger partial charge in [0.15, 0.2) is 5.82 Å². The Morgan fingerprint density at radius 2 is 1.78 bits per heavy atom. The molecule has 1 aliphatic rings. The van der Waals surface area contributed by atoms with E-state index in [1.165, 1.54) is 5.56 Å². The second-order valence-electron chi connectivity index (χ2n) is 9.24. The summed E-state index contributed by atoms with van der Waals surface area (Å²) in [7, 11) is 0. The molecule has 0 radical (unpaired) electrons. The monoisotopic (exact) mass is 480 g/mol. The van der Waals surface area contributed by atoms with Gasteiger partial charge in [-0.15, -0.1) is 5.10 Å². The second-order valence-corrected chi connectivity index (χ2v) is 9.24. The number of carbonyl (C=O) groups is 1. The number of aromatic nitrogens is 5. The molecule has 0 aliphatic carbocycles. The minimum Gasteiger partial charge on any atom is -0.264 e. The van der Waals surface area contributed by atoms with Crippen molar-refractivity contribution in [3.05, 3.63) is 96.1 Å². The van der Waals surface area contributed by atoms with Crippen molar-refractivity contribution in [2.75, 3.05) is 6.54 Å². The standard InChI is InChI=1S/C28H30N7O/c1-3-4-16-35(20-23-8-6-5-7-9-23)21(2)18-34(28(35)36)19-22-10-12-24(13-11-22)26-17-29-15-14-25(26)27-30-32-33-31-27/h5-15,17-18H,3-4,16,19-20H2,1-2H3,(H,30,31,32,33)/q+1. The van der Waals surface area contributed by atoms with Crippen LogP contribution in [0.1, 0.15) is 37.8 Å². The number of allylic oxidation sites excluding steroid dienone is 1. The summed E-state index contributed by atoms with van der Waals surface area (Å²) in [6, 6.07) is 20.6. The molecule has 0 spiro atoms. The van der Waals surface area contributed by atoms with E-state index in [0.29, 0.717) is 23.4 Å². The minimum atomic E-state index is 0.140. The molecule has 8 heteroatoms. The Kier molecular flexibility index (Phi) is 6.69. The van der Waals surface area contributed by atoms with Crippen molar-refractivity contribution >= 4 is 6.03 Å². The molecule has 8 nitrogen and oxygen atoms in total. The van der Waals surface area contributed by atoms with E-state index in [-0.39, 0.29) is 6.03 Å². The molecule has 1 atom stereocenters. The second kappa shape index (κ2) is 10.2. The molecule has 0 saturated heterocycles. The molecule has 2 amide bonds. The number of nitrogens with one attached hydrogen (secondary N) is 1. The molecule has 182 valence electrons. The van der Waals surface area contributed by atoms with Crippen molar-refractivity contribution in [2.45, 2.75) is 39.8 Å². The normalized spacial score (nSPS) is 17.4. The maximum atomic E-state index is 13.8. The number of urea groups is 1.